The van der Waals surface area contributed by atoms with Crippen molar-refractivity contribution in [3.63, 3.8) is 0 Å². The summed E-state index contributed by atoms with van der Waals surface area (Å²) in [6.07, 6.45) is 5.75. The molecule has 0 aliphatic heterocycles. The fourth-order valence-corrected chi connectivity index (χ4v) is 2.49. The third kappa shape index (κ3) is 3.67. The Hall–Kier alpha value is -1.14. The molecule has 0 aromatic heterocycles. The second kappa shape index (κ2) is 6.56. The molecule has 6 heteroatoms. The van der Waals surface area contributed by atoms with Gasteiger partial charge in [-0.25, -0.2) is 5.06 Å². The minimum absolute atomic E-state index is 0.0440. The van der Waals surface area contributed by atoms with Crippen molar-refractivity contribution in [2.45, 2.75) is 38.5 Å². The minimum Gasteiger partial charge on any atom is -0.343 e. The summed E-state index contributed by atoms with van der Waals surface area (Å²) in [6.45, 7) is 0.120. The first-order valence-electron chi connectivity index (χ1n) is 6.04. The molecule has 1 fully saturated rings. The number of carbonyl (C=O) groups excluding carboxylic acids is 2. The summed E-state index contributed by atoms with van der Waals surface area (Å²) >= 11 is 0. The summed E-state index contributed by atoms with van der Waals surface area (Å²) in [7, 11) is 0. The van der Waals surface area contributed by atoms with E-state index < -0.39 is 5.41 Å². The predicted octanol–water partition coefficient (Wildman–Crippen LogP) is 0.207. The molecule has 98 valence electrons. The van der Waals surface area contributed by atoms with Gasteiger partial charge in [-0.15, -0.1) is 0 Å². The SMILES string of the molecule is NCNC(=O)C1(CN(O)C=O)CCCCCC1. The zero-order chi connectivity index (χ0) is 12.7. The van der Waals surface area contributed by atoms with Crippen LogP contribution in [0.4, 0.5) is 0 Å². The van der Waals surface area contributed by atoms with E-state index in [1.165, 1.54) is 0 Å². The van der Waals surface area contributed by atoms with Crippen molar-refractivity contribution in [2.24, 2.45) is 11.1 Å². The summed E-state index contributed by atoms with van der Waals surface area (Å²) in [4.78, 5) is 22.6. The normalized spacial score (nSPS) is 19.2. The quantitative estimate of drug-likeness (QED) is 0.211. The Morgan fingerprint density at radius 3 is 2.41 bits per heavy atom. The molecule has 0 unspecified atom stereocenters. The zero-order valence-electron chi connectivity index (χ0n) is 10.0. The van der Waals surface area contributed by atoms with Crippen LogP contribution in [0.1, 0.15) is 38.5 Å². The summed E-state index contributed by atoms with van der Waals surface area (Å²) in [6, 6.07) is 0. The topological polar surface area (TPSA) is 95.7 Å². The first kappa shape index (κ1) is 13.9. The number of hydrogen-bond acceptors (Lipinski definition) is 4. The van der Waals surface area contributed by atoms with Gasteiger partial charge in [0.25, 0.3) is 0 Å². The minimum atomic E-state index is -0.689. The molecule has 0 aromatic carbocycles. The number of amides is 2. The molecule has 0 heterocycles. The van der Waals surface area contributed by atoms with Crippen LogP contribution in [-0.2, 0) is 9.59 Å². The Kier molecular flexibility index (Phi) is 5.37. The van der Waals surface area contributed by atoms with Crippen LogP contribution in [0.25, 0.3) is 0 Å². The Morgan fingerprint density at radius 2 is 1.94 bits per heavy atom. The molecule has 0 bridgehead atoms. The van der Waals surface area contributed by atoms with E-state index in [9.17, 15) is 14.8 Å². The Balaban J connectivity index is 2.80. The second-order valence-corrected chi connectivity index (χ2v) is 4.61. The second-order valence-electron chi connectivity index (χ2n) is 4.61. The maximum atomic E-state index is 12.1. The van der Waals surface area contributed by atoms with Crippen LogP contribution >= 0.6 is 0 Å². The molecular formula is C11H21N3O3. The van der Waals surface area contributed by atoms with Crippen molar-refractivity contribution < 1.29 is 14.8 Å². The molecule has 1 aliphatic rings. The van der Waals surface area contributed by atoms with Gasteiger partial charge in [0.05, 0.1) is 18.6 Å². The molecule has 0 atom stereocenters. The van der Waals surface area contributed by atoms with E-state index in [0.717, 1.165) is 25.7 Å². The van der Waals surface area contributed by atoms with Crippen LogP contribution in [0.5, 0.6) is 0 Å². The van der Waals surface area contributed by atoms with Crippen LogP contribution in [0.3, 0.4) is 0 Å². The number of nitrogens with one attached hydrogen (secondary N) is 1. The van der Waals surface area contributed by atoms with Crippen LogP contribution in [0.2, 0.25) is 0 Å². The zero-order valence-corrected chi connectivity index (χ0v) is 10.0. The van der Waals surface area contributed by atoms with Crippen molar-refractivity contribution in [2.75, 3.05) is 13.2 Å². The van der Waals surface area contributed by atoms with E-state index in [1.54, 1.807) is 0 Å². The monoisotopic (exact) mass is 243 g/mol. The Bertz CT molecular complexity index is 263. The molecule has 1 aliphatic carbocycles. The number of hydrogen-bond donors (Lipinski definition) is 3. The first-order chi connectivity index (χ1) is 8.14. The standard InChI is InChI=1S/C11H21N3O3/c12-8-13-10(16)11(7-14(17)9-15)5-3-1-2-4-6-11/h9,17H,1-8,12H2,(H,13,16). The highest BCUT2D eigenvalue weighted by atomic mass is 16.5. The van der Waals surface area contributed by atoms with Gasteiger partial charge < -0.3 is 11.1 Å². The average molecular weight is 243 g/mol. The number of rotatable bonds is 5. The number of nitrogens with zero attached hydrogens (tertiary/aromatic N) is 1. The molecule has 1 rings (SSSR count). The molecule has 4 N–H and O–H groups in total. The highest BCUT2D eigenvalue weighted by Gasteiger charge is 2.39. The summed E-state index contributed by atoms with van der Waals surface area (Å²) in [5.41, 5.74) is 4.63. The van der Waals surface area contributed by atoms with Crippen LogP contribution < -0.4 is 11.1 Å². The third-order valence-corrected chi connectivity index (χ3v) is 3.39. The summed E-state index contributed by atoms with van der Waals surface area (Å²) < 4.78 is 0. The van der Waals surface area contributed by atoms with Gasteiger partial charge in [-0.3, -0.25) is 14.8 Å². The van der Waals surface area contributed by atoms with Gasteiger partial charge in [-0.05, 0) is 12.8 Å². The highest BCUT2D eigenvalue weighted by molar-refractivity contribution is 5.83. The van der Waals surface area contributed by atoms with Crippen molar-refractivity contribution in [1.29, 1.82) is 0 Å². The molecule has 2 amide bonds. The molecule has 6 nitrogen and oxygen atoms in total. The lowest BCUT2D eigenvalue weighted by Crippen LogP contribution is -2.48. The first-order valence-corrected chi connectivity index (χ1v) is 6.04. The van der Waals surface area contributed by atoms with Gasteiger partial charge in [0.15, 0.2) is 0 Å². The lowest BCUT2D eigenvalue weighted by molar-refractivity contribution is -0.161. The van der Waals surface area contributed by atoms with E-state index in [0.29, 0.717) is 24.3 Å². The van der Waals surface area contributed by atoms with Crippen LogP contribution in [-0.4, -0.2) is 35.8 Å². The molecule has 0 spiro atoms. The number of carbonyl (C=O) groups is 2. The van der Waals surface area contributed by atoms with Gasteiger partial charge in [0.2, 0.25) is 12.3 Å². The van der Waals surface area contributed by atoms with E-state index >= 15 is 0 Å². The summed E-state index contributed by atoms with van der Waals surface area (Å²) in [5.74, 6) is -0.164. The van der Waals surface area contributed by atoms with Gasteiger partial charge >= 0.3 is 0 Å². The predicted molar refractivity (Wildman–Crippen MR) is 61.9 cm³/mol. The molecular weight excluding hydrogens is 222 g/mol. The fraction of sp³-hybridized carbons (Fsp3) is 0.818. The lowest BCUT2D eigenvalue weighted by Gasteiger charge is -2.32. The van der Waals surface area contributed by atoms with Crippen LogP contribution in [0.15, 0.2) is 0 Å². The lowest BCUT2D eigenvalue weighted by atomic mass is 9.79. The molecule has 17 heavy (non-hydrogen) atoms. The van der Waals surface area contributed by atoms with E-state index in [4.69, 9.17) is 5.73 Å². The van der Waals surface area contributed by atoms with E-state index in [-0.39, 0.29) is 19.1 Å². The third-order valence-electron chi connectivity index (χ3n) is 3.39. The van der Waals surface area contributed by atoms with Crippen LogP contribution in [0, 0.1) is 5.41 Å². The van der Waals surface area contributed by atoms with Gasteiger partial charge in [-0.2, -0.15) is 0 Å². The van der Waals surface area contributed by atoms with Gasteiger partial charge in [0.1, 0.15) is 0 Å². The van der Waals surface area contributed by atoms with Crippen molar-refractivity contribution in [1.82, 2.24) is 10.4 Å². The van der Waals surface area contributed by atoms with Crippen molar-refractivity contribution >= 4 is 12.3 Å². The number of nitrogens with two attached hydrogens (primary N) is 1. The van der Waals surface area contributed by atoms with Crippen molar-refractivity contribution in [3.8, 4) is 0 Å². The fourth-order valence-electron chi connectivity index (χ4n) is 2.49. The largest absolute Gasteiger partial charge is 0.343 e. The Labute approximate surface area is 101 Å². The molecule has 0 saturated heterocycles. The van der Waals surface area contributed by atoms with Gasteiger partial charge in [0, 0.05) is 0 Å². The Morgan fingerprint density at radius 1 is 1.35 bits per heavy atom. The van der Waals surface area contributed by atoms with Crippen molar-refractivity contribution in [3.05, 3.63) is 0 Å². The molecule has 1 saturated carbocycles. The van der Waals surface area contributed by atoms with E-state index in [1.807, 2.05) is 0 Å². The smallest absolute Gasteiger partial charge is 0.233 e. The van der Waals surface area contributed by atoms with Gasteiger partial charge in [-0.1, -0.05) is 25.7 Å². The maximum absolute atomic E-state index is 12.1. The highest BCUT2D eigenvalue weighted by Crippen LogP contribution is 2.35. The summed E-state index contributed by atoms with van der Waals surface area (Å²) in [5, 5.41) is 12.5. The average Bonchev–Trinajstić information content (AvgIpc) is 2.56. The van der Waals surface area contributed by atoms with E-state index in [2.05, 4.69) is 5.32 Å². The maximum Gasteiger partial charge on any atom is 0.233 e. The number of hydroxylamine groups is 2. The molecule has 0 radical (unpaired) electrons. The molecule has 0 aromatic rings.